The number of hydrogen-bond donors (Lipinski definition) is 1. The highest BCUT2D eigenvalue weighted by Gasteiger charge is 2.17. The van der Waals surface area contributed by atoms with Gasteiger partial charge in [-0.15, -0.1) is 0 Å². The number of carbonyl (C=O) groups excluding carboxylic acids is 1. The SMILES string of the molecule is Cc1cc(C(=O)Nc2ccc(Cl)c(Cl)c2)nc(N2CCOCC2)n1. The van der Waals surface area contributed by atoms with Crippen LogP contribution in [-0.4, -0.2) is 42.2 Å². The fraction of sp³-hybridized carbons (Fsp3) is 0.312. The van der Waals surface area contributed by atoms with E-state index in [1.165, 1.54) is 0 Å². The van der Waals surface area contributed by atoms with Crippen molar-refractivity contribution in [3.05, 3.63) is 45.7 Å². The van der Waals surface area contributed by atoms with E-state index in [-0.39, 0.29) is 5.91 Å². The minimum atomic E-state index is -0.326. The molecule has 0 radical (unpaired) electrons. The van der Waals surface area contributed by atoms with Crippen LogP contribution in [0.1, 0.15) is 16.2 Å². The number of nitrogens with one attached hydrogen (secondary N) is 1. The number of aryl methyl sites for hydroxylation is 1. The van der Waals surface area contributed by atoms with Gasteiger partial charge in [0, 0.05) is 24.5 Å². The van der Waals surface area contributed by atoms with Gasteiger partial charge in [0.15, 0.2) is 0 Å². The molecule has 8 heteroatoms. The Labute approximate surface area is 149 Å². The van der Waals surface area contributed by atoms with Crippen molar-refractivity contribution in [1.29, 1.82) is 0 Å². The van der Waals surface area contributed by atoms with Gasteiger partial charge in [-0.1, -0.05) is 23.2 Å². The molecule has 1 aromatic heterocycles. The van der Waals surface area contributed by atoms with Gasteiger partial charge in [0.25, 0.3) is 5.91 Å². The van der Waals surface area contributed by atoms with Crippen molar-refractivity contribution in [2.24, 2.45) is 0 Å². The second-order valence-corrected chi connectivity index (χ2v) is 6.19. The first-order valence-corrected chi connectivity index (χ1v) is 8.23. The molecule has 126 valence electrons. The lowest BCUT2D eigenvalue weighted by atomic mass is 10.3. The lowest BCUT2D eigenvalue weighted by Crippen LogP contribution is -2.37. The highest BCUT2D eigenvalue weighted by Crippen LogP contribution is 2.25. The minimum Gasteiger partial charge on any atom is -0.378 e. The fourth-order valence-electron chi connectivity index (χ4n) is 2.34. The average Bonchev–Trinajstić information content (AvgIpc) is 2.58. The molecule has 1 aromatic carbocycles. The first-order valence-electron chi connectivity index (χ1n) is 7.48. The van der Waals surface area contributed by atoms with E-state index in [1.807, 2.05) is 11.8 Å². The summed E-state index contributed by atoms with van der Waals surface area (Å²) in [6.45, 7) is 4.50. The quantitative estimate of drug-likeness (QED) is 0.903. The molecule has 1 fully saturated rings. The lowest BCUT2D eigenvalue weighted by molar-refractivity contribution is 0.102. The van der Waals surface area contributed by atoms with E-state index < -0.39 is 0 Å². The molecule has 1 amide bonds. The maximum absolute atomic E-state index is 12.5. The predicted molar refractivity (Wildman–Crippen MR) is 94.2 cm³/mol. The molecular formula is C16H16Cl2N4O2. The Hall–Kier alpha value is -1.89. The van der Waals surface area contributed by atoms with Gasteiger partial charge in [-0.3, -0.25) is 4.79 Å². The van der Waals surface area contributed by atoms with E-state index >= 15 is 0 Å². The number of morpholine rings is 1. The number of nitrogens with zero attached hydrogens (tertiary/aromatic N) is 3. The average molecular weight is 367 g/mol. The number of aromatic nitrogens is 2. The Balaban J connectivity index is 1.81. The zero-order valence-corrected chi connectivity index (χ0v) is 14.6. The third kappa shape index (κ3) is 3.95. The molecule has 0 atom stereocenters. The van der Waals surface area contributed by atoms with Crippen LogP contribution in [0.2, 0.25) is 10.0 Å². The van der Waals surface area contributed by atoms with Crippen LogP contribution in [0.15, 0.2) is 24.3 Å². The number of hydrogen-bond acceptors (Lipinski definition) is 5. The summed E-state index contributed by atoms with van der Waals surface area (Å²) in [5.74, 6) is 0.214. The van der Waals surface area contributed by atoms with Gasteiger partial charge in [0.2, 0.25) is 5.95 Å². The van der Waals surface area contributed by atoms with Crippen LogP contribution < -0.4 is 10.2 Å². The fourth-order valence-corrected chi connectivity index (χ4v) is 2.64. The summed E-state index contributed by atoms with van der Waals surface area (Å²) >= 11 is 11.8. The van der Waals surface area contributed by atoms with Crippen LogP contribution in [0.25, 0.3) is 0 Å². The molecule has 2 heterocycles. The summed E-state index contributed by atoms with van der Waals surface area (Å²) in [6, 6.07) is 6.56. The molecule has 0 aliphatic carbocycles. The van der Waals surface area contributed by atoms with Gasteiger partial charge >= 0.3 is 0 Å². The van der Waals surface area contributed by atoms with Crippen molar-refractivity contribution in [1.82, 2.24) is 9.97 Å². The Kier molecular flexibility index (Phi) is 5.18. The van der Waals surface area contributed by atoms with Gasteiger partial charge in [-0.2, -0.15) is 0 Å². The zero-order chi connectivity index (χ0) is 17.1. The molecule has 1 aliphatic heterocycles. The number of carbonyl (C=O) groups is 1. The van der Waals surface area contributed by atoms with Crippen molar-refractivity contribution in [2.45, 2.75) is 6.92 Å². The van der Waals surface area contributed by atoms with Gasteiger partial charge in [-0.25, -0.2) is 9.97 Å². The second kappa shape index (κ2) is 7.34. The number of ether oxygens (including phenoxy) is 1. The number of rotatable bonds is 3. The molecule has 1 aliphatic rings. The van der Waals surface area contributed by atoms with Crippen LogP contribution in [0.3, 0.4) is 0 Å². The largest absolute Gasteiger partial charge is 0.378 e. The highest BCUT2D eigenvalue weighted by atomic mass is 35.5. The molecule has 0 unspecified atom stereocenters. The van der Waals surface area contributed by atoms with Gasteiger partial charge in [0.05, 0.1) is 23.3 Å². The van der Waals surface area contributed by atoms with E-state index in [2.05, 4.69) is 15.3 Å². The summed E-state index contributed by atoms with van der Waals surface area (Å²) in [6.07, 6.45) is 0. The molecule has 0 bridgehead atoms. The molecule has 6 nitrogen and oxygen atoms in total. The van der Waals surface area contributed by atoms with Crippen LogP contribution >= 0.6 is 23.2 Å². The summed E-state index contributed by atoms with van der Waals surface area (Å²) < 4.78 is 5.33. The van der Waals surface area contributed by atoms with Crippen molar-refractivity contribution in [3.63, 3.8) is 0 Å². The number of amides is 1. The van der Waals surface area contributed by atoms with Crippen molar-refractivity contribution in [3.8, 4) is 0 Å². The molecule has 0 saturated carbocycles. The summed E-state index contributed by atoms with van der Waals surface area (Å²) in [4.78, 5) is 23.3. The standard InChI is InChI=1S/C16H16Cl2N4O2/c1-10-8-14(21-16(19-10)22-4-6-24-7-5-22)15(23)20-11-2-3-12(17)13(18)9-11/h2-3,8-9H,4-7H2,1H3,(H,20,23). The van der Waals surface area contributed by atoms with Crippen molar-refractivity contribution >= 4 is 40.7 Å². The van der Waals surface area contributed by atoms with Gasteiger partial charge in [0.1, 0.15) is 5.69 Å². The molecule has 2 aromatic rings. The van der Waals surface area contributed by atoms with E-state index in [0.29, 0.717) is 53.7 Å². The topological polar surface area (TPSA) is 67.4 Å². The maximum Gasteiger partial charge on any atom is 0.274 e. The molecular weight excluding hydrogens is 351 g/mol. The summed E-state index contributed by atoms with van der Waals surface area (Å²) in [5.41, 5.74) is 1.58. The Bertz CT molecular complexity index is 764. The Morgan fingerprint density at radius 3 is 2.62 bits per heavy atom. The minimum absolute atomic E-state index is 0.301. The van der Waals surface area contributed by atoms with Crippen LogP contribution in [-0.2, 0) is 4.74 Å². The van der Waals surface area contributed by atoms with Crippen molar-refractivity contribution < 1.29 is 9.53 Å². The highest BCUT2D eigenvalue weighted by molar-refractivity contribution is 6.42. The number of halogens is 2. The Morgan fingerprint density at radius 2 is 1.92 bits per heavy atom. The lowest BCUT2D eigenvalue weighted by Gasteiger charge is -2.27. The summed E-state index contributed by atoms with van der Waals surface area (Å²) in [7, 11) is 0. The molecule has 24 heavy (non-hydrogen) atoms. The molecule has 0 spiro atoms. The normalized spacial score (nSPS) is 14.5. The van der Waals surface area contributed by atoms with Crippen LogP contribution in [0.5, 0.6) is 0 Å². The smallest absolute Gasteiger partial charge is 0.274 e. The van der Waals surface area contributed by atoms with Gasteiger partial charge < -0.3 is 15.0 Å². The first kappa shape index (κ1) is 17.0. The van der Waals surface area contributed by atoms with E-state index in [9.17, 15) is 4.79 Å². The monoisotopic (exact) mass is 366 g/mol. The summed E-state index contributed by atoms with van der Waals surface area (Å²) in [5, 5.41) is 3.58. The zero-order valence-electron chi connectivity index (χ0n) is 13.1. The second-order valence-electron chi connectivity index (χ2n) is 5.38. The molecule has 1 saturated heterocycles. The maximum atomic E-state index is 12.5. The van der Waals surface area contributed by atoms with Gasteiger partial charge in [-0.05, 0) is 31.2 Å². The third-order valence-electron chi connectivity index (χ3n) is 3.55. The number of benzene rings is 1. The third-order valence-corrected chi connectivity index (χ3v) is 4.29. The van der Waals surface area contributed by atoms with E-state index in [0.717, 1.165) is 5.69 Å². The van der Waals surface area contributed by atoms with Crippen LogP contribution in [0.4, 0.5) is 11.6 Å². The van der Waals surface area contributed by atoms with Crippen molar-refractivity contribution in [2.75, 3.05) is 36.5 Å². The van der Waals surface area contributed by atoms with E-state index in [1.54, 1.807) is 24.3 Å². The number of anilines is 2. The molecule has 1 N–H and O–H groups in total. The van der Waals surface area contributed by atoms with Crippen LogP contribution in [0, 0.1) is 6.92 Å². The predicted octanol–water partition coefficient (Wildman–Crippen LogP) is 3.18. The van der Waals surface area contributed by atoms with E-state index in [4.69, 9.17) is 27.9 Å². The molecule has 3 rings (SSSR count). The Morgan fingerprint density at radius 1 is 1.17 bits per heavy atom. The first-order chi connectivity index (χ1) is 11.5.